The molecule has 1 aromatic heterocycles. The molecule has 0 atom stereocenters. The van der Waals surface area contributed by atoms with Gasteiger partial charge in [-0.25, -0.2) is 15.2 Å². The lowest BCUT2D eigenvalue weighted by Crippen LogP contribution is -2.39. The number of rotatable bonds is 5. The number of pyridine rings is 1. The van der Waals surface area contributed by atoms with Crippen molar-refractivity contribution >= 4 is 17.4 Å². The van der Waals surface area contributed by atoms with E-state index in [0.717, 1.165) is 11.1 Å². The van der Waals surface area contributed by atoms with Gasteiger partial charge in [-0.15, -0.1) is 0 Å². The first kappa shape index (κ1) is 19.1. The van der Waals surface area contributed by atoms with E-state index in [-0.39, 0.29) is 29.8 Å². The van der Waals surface area contributed by atoms with E-state index < -0.39 is 0 Å². The van der Waals surface area contributed by atoms with Crippen molar-refractivity contribution in [3.63, 3.8) is 0 Å². The van der Waals surface area contributed by atoms with E-state index in [1.54, 1.807) is 24.4 Å². The number of hydrazine groups is 1. The molecule has 2 aromatic rings. The SMILES string of the molecule is CC(=O)c1ccc(-c2cnc(N)c(/C(=N/N)N(N)C/C=C(\C)F)c2)cc1. The third-order valence-corrected chi connectivity index (χ3v) is 3.75. The first-order chi connectivity index (χ1) is 12.3. The predicted molar refractivity (Wildman–Crippen MR) is 101 cm³/mol. The van der Waals surface area contributed by atoms with Crippen molar-refractivity contribution in [2.45, 2.75) is 13.8 Å². The van der Waals surface area contributed by atoms with E-state index in [9.17, 15) is 9.18 Å². The average molecular weight is 356 g/mol. The van der Waals surface area contributed by atoms with Crippen molar-refractivity contribution < 1.29 is 9.18 Å². The molecule has 0 fully saturated rings. The van der Waals surface area contributed by atoms with Crippen LogP contribution in [-0.2, 0) is 0 Å². The van der Waals surface area contributed by atoms with Gasteiger partial charge in [-0.3, -0.25) is 9.80 Å². The van der Waals surface area contributed by atoms with Crippen LogP contribution in [0.5, 0.6) is 0 Å². The summed E-state index contributed by atoms with van der Waals surface area (Å²) >= 11 is 0. The molecule has 0 aliphatic carbocycles. The van der Waals surface area contributed by atoms with Crippen LogP contribution in [0.4, 0.5) is 10.2 Å². The summed E-state index contributed by atoms with van der Waals surface area (Å²) in [4.78, 5) is 15.6. The largest absolute Gasteiger partial charge is 0.383 e. The number of hydrogen-bond acceptors (Lipinski definition) is 6. The molecule has 8 heteroatoms. The fourth-order valence-corrected chi connectivity index (χ4v) is 2.32. The van der Waals surface area contributed by atoms with Gasteiger partial charge in [-0.2, -0.15) is 5.10 Å². The van der Waals surface area contributed by atoms with Gasteiger partial charge in [-0.1, -0.05) is 24.3 Å². The number of ketones is 1. The van der Waals surface area contributed by atoms with Crippen LogP contribution >= 0.6 is 0 Å². The zero-order valence-corrected chi connectivity index (χ0v) is 14.6. The van der Waals surface area contributed by atoms with Gasteiger partial charge in [0.15, 0.2) is 11.6 Å². The molecule has 0 amide bonds. The summed E-state index contributed by atoms with van der Waals surface area (Å²) in [7, 11) is 0. The number of allylic oxidation sites excluding steroid dienone is 1. The Labute approximate surface area is 151 Å². The smallest absolute Gasteiger partial charge is 0.173 e. The maximum absolute atomic E-state index is 12.9. The Hall–Kier alpha value is -3.26. The molecule has 26 heavy (non-hydrogen) atoms. The van der Waals surface area contributed by atoms with Gasteiger partial charge in [0.1, 0.15) is 5.82 Å². The molecular formula is C18H21FN6O. The Morgan fingerprint density at radius 3 is 2.46 bits per heavy atom. The minimum Gasteiger partial charge on any atom is -0.383 e. The Balaban J connectivity index is 2.39. The van der Waals surface area contributed by atoms with E-state index in [0.29, 0.717) is 11.1 Å². The van der Waals surface area contributed by atoms with Gasteiger partial charge >= 0.3 is 0 Å². The highest BCUT2D eigenvalue weighted by Crippen LogP contribution is 2.23. The molecule has 0 aliphatic heterocycles. The van der Waals surface area contributed by atoms with Crippen LogP contribution < -0.4 is 17.4 Å². The third-order valence-electron chi connectivity index (χ3n) is 3.75. The van der Waals surface area contributed by atoms with Crippen LogP contribution in [0.1, 0.15) is 29.8 Å². The van der Waals surface area contributed by atoms with Gasteiger partial charge in [0.05, 0.1) is 17.9 Å². The number of halogens is 1. The zero-order valence-electron chi connectivity index (χ0n) is 14.6. The number of nitrogens with two attached hydrogens (primary N) is 3. The fraction of sp³-hybridized carbons (Fsp3) is 0.167. The Bertz CT molecular complexity index is 856. The van der Waals surface area contributed by atoms with Crippen LogP contribution in [0.3, 0.4) is 0 Å². The zero-order chi connectivity index (χ0) is 19.3. The topological polar surface area (TPSA) is 124 Å². The first-order valence-corrected chi connectivity index (χ1v) is 7.83. The number of carbonyl (C=O) groups is 1. The van der Waals surface area contributed by atoms with Crippen LogP contribution in [0.25, 0.3) is 11.1 Å². The van der Waals surface area contributed by atoms with Gasteiger partial charge in [0, 0.05) is 17.3 Å². The first-order valence-electron chi connectivity index (χ1n) is 7.83. The number of carbonyl (C=O) groups excluding carboxylic acids is 1. The molecule has 6 N–H and O–H groups in total. The van der Waals surface area contributed by atoms with Gasteiger partial charge < -0.3 is 11.6 Å². The number of nitrogens with zero attached hydrogens (tertiary/aromatic N) is 3. The van der Waals surface area contributed by atoms with Crippen LogP contribution in [-0.4, -0.2) is 28.2 Å². The summed E-state index contributed by atoms with van der Waals surface area (Å²) in [6.45, 7) is 2.88. The van der Waals surface area contributed by atoms with E-state index >= 15 is 0 Å². The number of benzene rings is 1. The molecule has 7 nitrogen and oxygen atoms in total. The van der Waals surface area contributed by atoms with Crippen molar-refractivity contribution in [3.05, 3.63) is 59.6 Å². The molecule has 136 valence electrons. The number of anilines is 1. The highest BCUT2D eigenvalue weighted by molar-refractivity contribution is 6.03. The summed E-state index contributed by atoms with van der Waals surface area (Å²) in [6.07, 6.45) is 2.89. The second-order valence-electron chi connectivity index (χ2n) is 5.69. The van der Waals surface area contributed by atoms with Crippen LogP contribution in [0, 0.1) is 0 Å². The quantitative estimate of drug-likeness (QED) is 0.248. The normalized spacial score (nSPS) is 12.2. The van der Waals surface area contributed by atoms with Crippen molar-refractivity contribution in [1.29, 1.82) is 0 Å². The Morgan fingerprint density at radius 2 is 1.92 bits per heavy atom. The number of amidine groups is 1. The summed E-state index contributed by atoms with van der Waals surface area (Å²) in [6, 6.07) is 8.82. The number of nitrogen functional groups attached to an aromatic ring is 1. The van der Waals surface area contributed by atoms with Crippen molar-refractivity contribution in [1.82, 2.24) is 9.99 Å². The minimum absolute atomic E-state index is 0.0137. The Morgan fingerprint density at radius 1 is 1.27 bits per heavy atom. The lowest BCUT2D eigenvalue weighted by molar-refractivity contribution is 0.101. The molecule has 0 saturated carbocycles. The second kappa shape index (κ2) is 8.21. The second-order valence-corrected chi connectivity index (χ2v) is 5.69. The van der Waals surface area contributed by atoms with Gasteiger partial charge in [-0.05, 0) is 31.6 Å². The summed E-state index contributed by atoms with van der Waals surface area (Å²) in [5, 5.41) is 4.85. The standard InChI is InChI=1S/C18H21FN6O/c1-11(19)7-8-25(22)18(24-21)16-9-15(10-23-17(16)20)14-5-3-13(4-6-14)12(2)26/h3-7,9-10H,8,21-22H2,1-2H3,(H2,20,23)/b11-7+,24-18-. The lowest BCUT2D eigenvalue weighted by Gasteiger charge is -2.19. The van der Waals surface area contributed by atoms with Crippen LogP contribution in [0.2, 0.25) is 0 Å². The molecule has 0 spiro atoms. The molecular weight excluding hydrogens is 335 g/mol. The molecule has 0 radical (unpaired) electrons. The monoisotopic (exact) mass is 356 g/mol. The maximum atomic E-state index is 12.9. The van der Waals surface area contributed by atoms with E-state index in [4.69, 9.17) is 17.4 Å². The molecule has 0 saturated heterocycles. The van der Waals surface area contributed by atoms with Gasteiger partial charge in [0.2, 0.25) is 0 Å². The number of aromatic nitrogens is 1. The minimum atomic E-state index is -0.373. The van der Waals surface area contributed by atoms with Crippen LogP contribution in [0.15, 0.2) is 53.5 Å². The predicted octanol–water partition coefficient (Wildman–Crippen LogP) is 2.20. The molecule has 0 aliphatic rings. The number of Topliss-reactive ketones (excluding diaryl/α,β-unsaturated/α-hetero) is 1. The number of hydrogen-bond donors (Lipinski definition) is 3. The van der Waals surface area contributed by atoms with E-state index in [2.05, 4.69) is 10.1 Å². The molecule has 1 aromatic carbocycles. The number of hydrazone groups is 1. The fourth-order valence-electron chi connectivity index (χ4n) is 2.32. The van der Waals surface area contributed by atoms with E-state index in [1.165, 1.54) is 24.9 Å². The molecule has 0 bridgehead atoms. The average Bonchev–Trinajstić information content (AvgIpc) is 2.62. The Kier molecular flexibility index (Phi) is 6.03. The van der Waals surface area contributed by atoms with Crippen molar-refractivity contribution in [2.75, 3.05) is 12.3 Å². The molecule has 0 unspecified atom stereocenters. The summed E-state index contributed by atoms with van der Waals surface area (Å²) in [5.74, 6) is 11.3. The van der Waals surface area contributed by atoms with E-state index in [1.807, 2.05) is 12.1 Å². The maximum Gasteiger partial charge on any atom is 0.173 e. The third kappa shape index (κ3) is 4.42. The highest BCUT2D eigenvalue weighted by Gasteiger charge is 2.15. The highest BCUT2D eigenvalue weighted by atomic mass is 19.1. The van der Waals surface area contributed by atoms with Crippen molar-refractivity contribution in [2.24, 2.45) is 16.8 Å². The lowest BCUT2D eigenvalue weighted by atomic mass is 10.0. The molecule has 1 heterocycles. The van der Waals surface area contributed by atoms with Gasteiger partial charge in [0.25, 0.3) is 0 Å². The summed E-state index contributed by atoms with van der Waals surface area (Å²) < 4.78 is 12.9. The summed E-state index contributed by atoms with van der Waals surface area (Å²) in [5.41, 5.74) is 8.56. The molecule has 2 rings (SSSR count). The van der Waals surface area contributed by atoms with Crippen molar-refractivity contribution in [3.8, 4) is 11.1 Å².